The molecule has 1 N–H and O–H groups in total. The van der Waals surface area contributed by atoms with Crippen LogP contribution in [0.3, 0.4) is 0 Å². The Hall–Kier alpha value is -1.74. The number of hydrogen-bond donors (Lipinski definition) is 1. The minimum absolute atomic E-state index is 0.437. The Kier molecular flexibility index (Phi) is 3.83. The summed E-state index contributed by atoms with van der Waals surface area (Å²) >= 11 is 0. The molecule has 0 aliphatic rings. The zero-order valence-corrected chi connectivity index (χ0v) is 9.80. The summed E-state index contributed by atoms with van der Waals surface area (Å²) in [5, 5.41) is 9.94. The van der Waals surface area contributed by atoms with Gasteiger partial charge in [0.2, 0.25) is 0 Å². The number of aliphatic hydroxyl groups excluding tert-OH is 1. The van der Waals surface area contributed by atoms with E-state index in [-0.39, 0.29) is 0 Å². The van der Waals surface area contributed by atoms with Gasteiger partial charge in [-0.3, -0.25) is 0 Å². The Morgan fingerprint density at radius 1 is 1.24 bits per heavy atom. The molecule has 90 valence electrons. The molecule has 0 bridgehead atoms. The third-order valence-corrected chi connectivity index (χ3v) is 2.62. The highest BCUT2D eigenvalue weighted by molar-refractivity contribution is 5.28. The molecule has 0 aliphatic heterocycles. The third kappa shape index (κ3) is 3.36. The van der Waals surface area contributed by atoms with Crippen molar-refractivity contribution in [2.24, 2.45) is 0 Å². The second-order valence-electron chi connectivity index (χ2n) is 3.99. The first-order valence-corrected chi connectivity index (χ1v) is 5.61. The highest BCUT2D eigenvalue weighted by atomic mass is 16.5. The molecule has 17 heavy (non-hydrogen) atoms. The monoisotopic (exact) mass is 232 g/mol. The molecule has 2 rings (SSSR count). The fraction of sp³-hybridized carbons (Fsp3) is 0.286. The zero-order chi connectivity index (χ0) is 12.1. The minimum atomic E-state index is -0.437. The van der Waals surface area contributed by atoms with E-state index in [0.29, 0.717) is 12.8 Å². The Morgan fingerprint density at radius 2 is 2.12 bits per heavy atom. The number of hydrogen-bond acceptors (Lipinski definition) is 3. The molecule has 0 amide bonds. The van der Waals surface area contributed by atoms with Crippen molar-refractivity contribution in [1.29, 1.82) is 0 Å². The molecule has 2 aromatic rings. The van der Waals surface area contributed by atoms with Crippen molar-refractivity contribution in [2.75, 3.05) is 7.11 Å². The van der Waals surface area contributed by atoms with E-state index < -0.39 is 6.10 Å². The molecule has 1 aromatic heterocycles. The summed E-state index contributed by atoms with van der Waals surface area (Å²) in [6, 6.07) is 11.4. The number of rotatable bonds is 5. The molecule has 3 nitrogen and oxygen atoms in total. The van der Waals surface area contributed by atoms with E-state index in [0.717, 1.165) is 17.1 Å². The Balaban J connectivity index is 1.95. The summed E-state index contributed by atoms with van der Waals surface area (Å²) in [7, 11) is 1.64. The van der Waals surface area contributed by atoms with Gasteiger partial charge in [0.05, 0.1) is 19.5 Å². The lowest BCUT2D eigenvalue weighted by molar-refractivity contribution is 0.168. The van der Waals surface area contributed by atoms with Gasteiger partial charge in [-0.2, -0.15) is 0 Å². The Labute approximate surface area is 101 Å². The minimum Gasteiger partial charge on any atom is -0.497 e. The summed E-state index contributed by atoms with van der Waals surface area (Å²) in [4.78, 5) is 0. The summed E-state index contributed by atoms with van der Waals surface area (Å²) in [6.45, 7) is 0. The highest BCUT2D eigenvalue weighted by Gasteiger charge is 2.09. The number of furan rings is 1. The molecule has 0 spiro atoms. The van der Waals surface area contributed by atoms with E-state index in [1.54, 1.807) is 13.4 Å². The first-order valence-electron chi connectivity index (χ1n) is 5.61. The van der Waals surface area contributed by atoms with Crippen LogP contribution in [0.4, 0.5) is 0 Å². The maximum atomic E-state index is 9.94. The van der Waals surface area contributed by atoms with Crippen molar-refractivity contribution in [1.82, 2.24) is 0 Å². The maximum Gasteiger partial charge on any atom is 0.119 e. The van der Waals surface area contributed by atoms with Crippen LogP contribution >= 0.6 is 0 Å². The van der Waals surface area contributed by atoms with Gasteiger partial charge in [0.1, 0.15) is 11.5 Å². The first kappa shape index (κ1) is 11.7. The molecule has 0 aliphatic carbocycles. The topological polar surface area (TPSA) is 42.6 Å². The second-order valence-corrected chi connectivity index (χ2v) is 3.99. The average molecular weight is 232 g/mol. The highest BCUT2D eigenvalue weighted by Crippen LogP contribution is 2.15. The largest absolute Gasteiger partial charge is 0.497 e. The SMILES string of the molecule is COc1cccc(CC(O)Cc2ccco2)c1. The smallest absolute Gasteiger partial charge is 0.119 e. The third-order valence-electron chi connectivity index (χ3n) is 2.62. The summed E-state index contributed by atoms with van der Waals surface area (Å²) in [5.74, 6) is 1.62. The summed E-state index contributed by atoms with van der Waals surface area (Å²) < 4.78 is 10.3. The van der Waals surface area contributed by atoms with Gasteiger partial charge < -0.3 is 14.3 Å². The molecule has 1 unspecified atom stereocenters. The first-order chi connectivity index (χ1) is 8.28. The van der Waals surface area contributed by atoms with E-state index in [9.17, 15) is 5.11 Å². The van der Waals surface area contributed by atoms with Crippen molar-refractivity contribution in [2.45, 2.75) is 18.9 Å². The van der Waals surface area contributed by atoms with Crippen LogP contribution in [0, 0.1) is 0 Å². The lowest BCUT2D eigenvalue weighted by Crippen LogP contribution is -2.13. The van der Waals surface area contributed by atoms with Crippen molar-refractivity contribution in [3.05, 3.63) is 54.0 Å². The van der Waals surface area contributed by atoms with Crippen molar-refractivity contribution >= 4 is 0 Å². The Bertz CT molecular complexity index is 448. The molecular formula is C14H16O3. The van der Waals surface area contributed by atoms with Crippen molar-refractivity contribution in [3.63, 3.8) is 0 Å². The number of methoxy groups -OCH3 is 1. The molecule has 0 saturated heterocycles. The van der Waals surface area contributed by atoms with Gasteiger partial charge >= 0.3 is 0 Å². The summed E-state index contributed by atoms with van der Waals surface area (Å²) in [6.07, 6.45) is 2.31. The van der Waals surface area contributed by atoms with Gasteiger partial charge in [-0.25, -0.2) is 0 Å². The van der Waals surface area contributed by atoms with E-state index in [1.165, 1.54) is 0 Å². The van der Waals surface area contributed by atoms with Crippen LogP contribution in [0.5, 0.6) is 5.75 Å². The van der Waals surface area contributed by atoms with Crippen LogP contribution in [0.2, 0.25) is 0 Å². The van der Waals surface area contributed by atoms with Crippen LogP contribution in [0.15, 0.2) is 47.1 Å². The zero-order valence-electron chi connectivity index (χ0n) is 9.80. The van der Waals surface area contributed by atoms with E-state index in [2.05, 4.69) is 0 Å². The Morgan fingerprint density at radius 3 is 2.82 bits per heavy atom. The van der Waals surface area contributed by atoms with Gasteiger partial charge in [0, 0.05) is 6.42 Å². The fourth-order valence-electron chi connectivity index (χ4n) is 1.80. The van der Waals surface area contributed by atoms with Gasteiger partial charge in [0.25, 0.3) is 0 Å². The normalized spacial score (nSPS) is 12.4. The van der Waals surface area contributed by atoms with E-state index in [1.807, 2.05) is 36.4 Å². The fourth-order valence-corrected chi connectivity index (χ4v) is 1.80. The van der Waals surface area contributed by atoms with Gasteiger partial charge in [-0.05, 0) is 36.2 Å². The predicted molar refractivity (Wildman–Crippen MR) is 65.1 cm³/mol. The van der Waals surface area contributed by atoms with Gasteiger partial charge in [-0.15, -0.1) is 0 Å². The lowest BCUT2D eigenvalue weighted by Gasteiger charge is -2.09. The van der Waals surface area contributed by atoms with Gasteiger partial charge in [-0.1, -0.05) is 12.1 Å². The predicted octanol–water partition coefficient (Wildman–Crippen LogP) is 2.43. The lowest BCUT2D eigenvalue weighted by atomic mass is 10.0. The second kappa shape index (κ2) is 5.55. The molecule has 1 aromatic carbocycles. The number of benzene rings is 1. The van der Waals surface area contributed by atoms with Crippen molar-refractivity contribution < 1.29 is 14.3 Å². The summed E-state index contributed by atoms with van der Waals surface area (Å²) in [5.41, 5.74) is 1.06. The molecule has 0 fully saturated rings. The van der Waals surface area contributed by atoms with E-state index in [4.69, 9.17) is 9.15 Å². The van der Waals surface area contributed by atoms with Crippen LogP contribution in [-0.4, -0.2) is 18.3 Å². The standard InChI is InChI=1S/C14H16O3/c1-16-13-5-2-4-11(9-13)8-12(15)10-14-6-3-7-17-14/h2-7,9,12,15H,8,10H2,1H3. The molecule has 0 saturated carbocycles. The van der Waals surface area contributed by atoms with Crippen LogP contribution in [-0.2, 0) is 12.8 Å². The van der Waals surface area contributed by atoms with Crippen LogP contribution in [0.25, 0.3) is 0 Å². The van der Waals surface area contributed by atoms with Crippen LogP contribution in [0.1, 0.15) is 11.3 Å². The molecule has 3 heteroatoms. The van der Waals surface area contributed by atoms with E-state index >= 15 is 0 Å². The molecule has 0 radical (unpaired) electrons. The van der Waals surface area contributed by atoms with Crippen LogP contribution < -0.4 is 4.74 Å². The molecule has 1 atom stereocenters. The van der Waals surface area contributed by atoms with Crippen molar-refractivity contribution in [3.8, 4) is 5.75 Å². The molecular weight excluding hydrogens is 216 g/mol. The maximum absolute atomic E-state index is 9.94. The quantitative estimate of drug-likeness (QED) is 0.861. The van der Waals surface area contributed by atoms with Gasteiger partial charge in [0.15, 0.2) is 0 Å². The number of ether oxygens (including phenoxy) is 1. The molecule has 1 heterocycles. The number of aliphatic hydroxyl groups is 1. The average Bonchev–Trinajstić information content (AvgIpc) is 2.82.